The van der Waals surface area contributed by atoms with Gasteiger partial charge in [0, 0.05) is 26.3 Å². The van der Waals surface area contributed by atoms with Gasteiger partial charge in [-0.2, -0.15) is 0 Å². The Kier molecular flexibility index (Phi) is 8.02. The third-order valence-corrected chi connectivity index (χ3v) is 5.65. The standard InChI is InChI=1S/C24H20Cl3NO4/c1-3-32-24(30)15-7-10-17(11-8-15)28(14-19-20(26)5-4-6-21(19)27)23(29)18-13-16(25)9-12-22(18)31-2/h4-13H,3,14H2,1-2H3. The molecular weight excluding hydrogens is 473 g/mol. The van der Waals surface area contributed by atoms with E-state index in [2.05, 4.69) is 0 Å². The van der Waals surface area contributed by atoms with Gasteiger partial charge in [0.05, 0.1) is 31.4 Å². The number of anilines is 1. The van der Waals surface area contributed by atoms with Crippen molar-refractivity contribution in [3.8, 4) is 5.75 Å². The molecule has 8 heteroatoms. The zero-order valence-corrected chi connectivity index (χ0v) is 19.7. The lowest BCUT2D eigenvalue weighted by atomic mass is 10.1. The average molecular weight is 493 g/mol. The van der Waals surface area contributed by atoms with Crippen LogP contribution in [0.1, 0.15) is 33.2 Å². The van der Waals surface area contributed by atoms with E-state index in [0.29, 0.717) is 37.6 Å². The number of esters is 1. The van der Waals surface area contributed by atoms with Gasteiger partial charge in [-0.05, 0) is 61.5 Å². The molecule has 5 nitrogen and oxygen atoms in total. The maximum absolute atomic E-state index is 13.6. The molecule has 0 radical (unpaired) electrons. The highest BCUT2D eigenvalue weighted by Gasteiger charge is 2.24. The van der Waals surface area contributed by atoms with Crippen molar-refractivity contribution in [2.45, 2.75) is 13.5 Å². The van der Waals surface area contributed by atoms with Crippen molar-refractivity contribution in [1.82, 2.24) is 0 Å². The topological polar surface area (TPSA) is 55.8 Å². The second kappa shape index (κ2) is 10.7. The van der Waals surface area contributed by atoms with E-state index in [9.17, 15) is 9.59 Å². The van der Waals surface area contributed by atoms with Crippen molar-refractivity contribution in [2.24, 2.45) is 0 Å². The third kappa shape index (κ3) is 5.36. The SMILES string of the molecule is CCOC(=O)c1ccc(N(Cc2c(Cl)cccc2Cl)C(=O)c2cc(Cl)ccc2OC)cc1. The van der Waals surface area contributed by atoms with Gasteiger partial charge < -0.3 is 14.4 Å². The molecule has 0 atom stereocenters. The molecule has 0 unspecified atom stereocenters. The summed E-state index contributed by atoms with van der Waals surface area (Å²) in [6, 6.07) is 16.4. The minimum absolute atomic E-state index is 0.0890. The third-order valence-electron chi connectivity index (χ3n) is 4.71. The van der Waals surface area contributed by atoms with Crippen molar-refractivity contribution in [2.75, 3.05) is 18.6 Å². The molecule has 0 bridgehead atoms. The van der Waals surface area contributed by atoms with E-state index in [1.165, 1.54) is 18.1 Å². The number of benzene rings is 3. The Morgan fingerprint density at radius 3 is 2.19 bits per heavy atom. The minimum Gasteiger partial charge on any atom is -0.496 e. The quantitative estimate of drug-likeness (QED) is 0.345. The molecule has 0 fully saturated rings. The van der Waals surface area contributed by atoms with Crippen LogP contribution in [0.15, 0.2) is 60.7 Å². The lowest BCUT2D eigenvalue weighted by Crippen LogP contribution is -2.31. The summed E-state index contributed by atoms with van der Waals surface area (Å²) >= 11 is 18.9. The maximum atomic E-state index is 13.6. The second-order valence-corrected chi connectivity index (χ2v) is 7.95. The van der Waals surface area contributed by atoms with E-state index < -0.39 is 5.97 Å². The Bertz CT molecular complexity index is 1110. The number of carbonyl (C=O) groups is 2. The lowest BCUT2D eigenvalue weighted by molar-refractivity contribution is 0.0526. The van der Waals surface area contributed by atoms with Gasteiger partial charge >= 0.3 is 5.97 Å². The summed E-state index contributed by atoms with van der Waals surface area (Å²) in [4.78, 5) is 27.1. The number of ether oxygens (including phenoxy) is 2. The number of hydrogen-bond acceptors (Lipinski definition) is 4. The van der Waals surface area contributed by atoms with Crippen LogP contribution in [-0.4, -0.2) is 25.6 Å². The predicted molar refractivity (Wildman–Crippen MR) is 127 cm³/mol. The van der Waals surface area contributed by atoms with Gasteiger partial charge in [-0.25, -0.2) is 4.79 Å². The van der Waals surface area contributed by atoms with Crippen LogP contribution in [0.4, 0.5) is 5.69 Å². The summed E-state index contributed by atoms with van der Waals surface area (Å²) < 4.78 is 10.4. The molecule has 0 aromatic heterocycles. The van der Waals surface area contributed by atoms with Gasteiger partial charge in [0.15, 0.2) is 0 Å². The lowest BCUT2D eigenvalue weighted by Gasteiger charge is -2.25. The average Bonchev–Trinajstić information content (AvgIpc) is 2.79. The Hall–Kier alpha value is -2.73. The van der Waals surface area contributed by atoms with Gasteiger partial charge in [-0.15, -0.1) is 0 Å². The number of carbonyl (C=O) groups excluding carboxylic acids is 2. The molecule has 3 aromatic rings. The molecule has 0 saturated heterocycles. The number of amides is 1. The Labute approximate surface area is 201 Å². The summed E-state index contributed by atoms with van der Waals surface area (Å²) in [7, 11) is 1.48. The van der Waals surface area contributed by atoms with Gasteiger partial charge in [-0.1, -0.05) is 40.9 Å². The Morgan fingerprint density at radius 1 is 0.938 bits per heavy atom. The summed E-state index contributed by atoms with van der Waals surface area (Å²) in [6.07, 6.45) is 0. The number of hydrogen-bond donors (Lipinski definition) is 0. The first-order chi connectivity index (χ1) is 15.3. The molecule has 0 aliphatic heterocycles. The van der Waals surface area contributed by atoms with Crippen molar-refractivity contribution in [3.63, 3.8) is 0 Å². The number of methoxy groups -OCH3 is 1. The molecule has 166 valence electrons. The van der Waals surface area contributed by atoms with Gasteiger partial charge in [0.1, 0.15) is 5.75 Å². The van der Waals surface area contributed by atoms with Crippen LogP contribution >= 0.6 is 34.8 Å². The number of halogens is 3. The van der Waals surface area contributed by atoms with E-state index in [4.69, 9.17) is 44.3 Å². The Morgan fingerprint density at radius 2 is 1.59 bits per heavy atom. The number of rotatable bonds is 7. The van der Waals surface area contributed by atoms with Crippen LogP contribution in [0.5, 0.6) is 5.75 Å². The molecule has 32 heavy (non-hydrogen) atoms. The minimum atomic E-state index is -0.442. The zero-order chi connectivity index (χ0) is 23.3. The molecule has 0 N–H and O–H groups in total. The summed E-state index contributed by atoms with van der Waals surface area (Å²) in [5.41, 5.74) is 1.76. The summed E-state index contributed by atoms with van der Waals surface area (Å²) in [5, 5.41) is 1.25. The van der Waals surface area contributed by atoms with Crippen molar-refractivity contribution < 1.29 is 19.1 Å². The molecule has 0 heterocycles. The molecule has 0 aliphatic carbocycles. The first-order valence-corrected chi connectivity index (χ1v) is 10.8. The van der Waals surface area contributed by atoms with Crippen molar-refractivity contribution in [1.29, 1.82) is 0 Å². The first-order valence-electron chi connectivity index (χ1n) is 9.71. The van der Waals surface area contributed by atoms with E-state index in [1.807, 2.05) is 0 Å². The van der Waals surface area contributed by atoms with Crippen LogP contribution in [0.2, 0.25) is 15.1 Å². The van der Waals surface area contributed by atoms with Crippen LogP contribution in [-0.2, 0) is 11.3 Å². The molecule has 0 saturated carbocycles. The van der Waals surface area contributed by atoms with E-state index in [-0.39, 0.29) is 24.6 Å². The zero-order valence-electron chi connectivity index (χ0n) is 17.4. The molecule has 0 aliphatic rings. The normalized spacial score (nSPS) is 10.5. The molecule has 3 aromatic carbocycles. The van der Waals surface area contributed by atoms with Crippen molar-refractivity contribution >= 4 is 52.4 Å². The van der Waals surface area contributed by atoms with Gasteiger partial charge in [0.25, 0.3) is 5.91 Å². The molecule has 1 amide bonds. The Balaban J connectivity index is 2.07. The van der Waals surface area contributed by atoms with Gasteiger partial charge in [0.2, 0.25) is 0 Å². The summed E-state index contributed by atoms with van der Waals surface area (Å²) in [6.45, 7) is 2.09. The molecule has 3 rings (SSSR count). The van der Waals surface area contributed by atoms with E-state index >= 15 is 0 Å². The highest BCUT2D eigenvalue weighted by Crippen LogP contribution is 2.31. The van der Waals surface area contributed by atoms with E-state index in [1.54, 1.807) is 61.5 Å². The monoisotopic (exact) mass is 491 g/mol. The van der Waals surface area contributed by atoms with Crippen LogP contribution in [0.25, 0.3) is 0 Å². The fourth-order valence-electron chi connectivity index (χ4n) is 3.11. The van der Waals surface area contributed by atoms with Gasteiger partial charge in [-0.3, -0.25) is 4.79 Å². The highest BCUT2D eigenvalue weighted by molar-refractivity contribution is 6.36. The highest BCUT2D eigenvalue weighted by atomic mass is 35.5. The molecular formula is C24H20Cl3NO4. The van der Waals surface area contributed by atoms with Crippen LogP contribution < -0.4 is 9.64 Å². The second-order valence-electron chi connectivity index (χ2n) is 6.70. The van der Waals surface area contributed by atoms with Crippen molar-refractivity contribution in [3.05, 3.63) is 92.4 Å². The first kappa shape index (κ1) is 23.9. The largest absolute Gasteiger partial charge is 0.496 e. The number of nitrogens with zero attached hydrogens (tertiary/aromatic N) is 1. The smallest absolute Gasteiger partial charge is 0.338 e. The van der Waals surface area contributed by atoms with Crippen LogP contribution in [0.3, 0.4) is 0 Å². The predicted octanol–water partition coefficient (Wildman–Crippen LogP) is 6.68. The fourth-order valence-corrected chi connectivity index (χ4v) is 3.80. The molecule has 0 spiro atoms. The van der Waals surface area contributed by atoms with E-state index in [0.717, 1.165) is 0 Å². The fraction of sp³-hybridized carbons (Fsp3) is 0.167. The summed E-state index contributed by atoms with van der Waals surface area (Å²) in [5.74, 6) is -0.440. The maximum Gasteiger partial charge on any atom is 0.338 e. The van der Waals surface area contributed by atoms with Crippen LogP contribution in [0, 0.1) is 0 Å².